The van der Waals surface area contributed by atoms with Gasteiger partial charge in [0.05, 0.1) is 23.6 Å². The molecule has 3 rings (SSSR count). The largest absolute Gasteiger partial charge is 0.462 e. The lowest BCUT2D eigenvalue weighted by atomic mass is 9.73. The number of hydrogen-bond acceptors (Lipinski definition) is 5. The summed E-state index contributed by atoms with van der Waals surface area (Å²) in [6.07, 6.45) is 4.38. The summed E-state index contributed by atoms with van der Waals surface area (Å²) in [6.45, 7) is 11.9. The van der Waals surface area contributed by atoms with Crippen molar-refractivity contribution in [2.75, 3.05) is 6.61 Å². The van der Waals surface area contributed by atoms with Crippen LogP contribution in [0.15, 0.2) is 31.1 Å². The van der Waals surface area contributed by atoms with Crippen LogP contribution in [-0.2, 0) is 11.2 Å². The lowest BCUT2D eigenvalue weighted by molar-refractivity contribution is 0.0526. The highest BCUT2D eigenvalue weighted by atomic mass is 16.5. The third kappa shape index (κ3) is 3.54. The molecule has 140 valence electrons. The smallest absolute Gasteiger partial charge is 0.341 e. The summed E-state index contributed by atoms with van der Waals surface area (Å²) in [5, 5.41) is 0. The molecule has 1 aliphatic carbocycles. The van der Waals surface area contributed by atoms with Crippen LogP contribution in [0.5, 0.6) is 0 Å². The number of carbonyl (C=O) groups is 2. The zero-order chi connectivity index (χ0) is 19.8. The monoisotopic (exact) mass is 364 g/mol. The van der Waals surface area contributed by atoms with Gasteiger partial charge in [-0.2, -0.15) is 0 Å². The Morgan fingerprint density at radius 2 is 2.04 bits per heavy atom. The van der Waals surface area contributed by atoms with Crippen LogP contribution in [0.4, 0.5) is 0 Å². The number of hydrogen-bond donors (Lipinski definition) is 0. The molecular weight excluding hydrogens is 340 g/mol. The van der Waals surface area contributed by atoms with Crippen molar-refractivity contribution in [3.8, 4) is 11.1 Å². The second-order valence-electron chi connectivity index (χ2n) is 7.72. The van der Waals surface area contributed by atoms with Crippen LogP contribution in [0.2, 0.25) is 0 Å². The Bertz CT molecular complexity index is 930. The highest BCUT2D eigenvalue weighted by molar-refractivity contribution is 6.11. The van der Waals surface area contributed by atoms with Crippen LogP contribution >= 0.6 is 0 Å². The molecule has 0 fully saturated rings. The molecule has 0 atom stereocenters. The van der Waals surface area contributed by atoms with Crippen molar-refractivity contribution in [1.29, 1.82) is 0 Å². The molecule has 1 aliphatic rings. The molecule has 0 unspecified atom stereocenters. The molecule has 2 heterocycles. The number of ether oxygens (including phenoxy) is 1. The summed E-state index contributed by atoms with van der Waals surface area (Å²) in [7, 11) is 0. The van der Waals surface area contributed by atoms with Gasteiger partial charge in [0, 0.05) is 35.5 Å². The molecule has 0 spiro atoms. The fourth-order valence-corrected chi connectivity index (χ4v) is 3.61. The number of Topliss-reactive ketones (excluding diaryl/α,β-unsaturated/α-hetero) is 1. The number of pyridine rings is 2. The normalized spacial score (nSPS) is 15.2. The van der Waals surface area contributed by atoms with Gasteiger partial charge in [0.25, 0.3) is 0 Å². The van der Waals surface area contributed by atoms with Crippen molar-refractivity contribution in [1.82, 2.24) is 9.97 Å². The first-order valence-corrected chi connectivity index (χ1v) is 9.08. The number of esters is 1. The van der Waals surface area contributed by atoms with Crippen LogP contribution in [-0.4, -0.2) is 28.3 Å². The Morgan fingerprint density at radius 3 is 2.63 bits per heavy atom. The summed E-state index contributed by atoms with van der Waals surface area (Å²) < 4.78 is 5.30. The molecule has 0 bridgehead atoms. The number of aromatic nitrogens is 2. The van der Waals surface area contributed by atoms with Crippen LogP contribution in [0.1, 0.15) is 66.2 Å². The zero-order valence-electron chi connectivity index (χ0n) is 16.3. The Kier molecular flexibility index (Phi) is 4.96. The van der Waals surface area contributed by atoms with Gasteiger partial charge in [-0.15, -0.1) is 0 Å². The van der Waals surface area contributed by atoms with Crippen molar-refractivity contribution >= 4 is 17.3 Å². The molecule has 5 nitrogen and oxygen atoms in total. The molecule has 2 aromatic rings. The van der Waals surface area contributed by atoms with E-state index >= 15 is 0 Å². The van der Waals surface area contributed by atoms with E-state index in [1.807, 2.05) is 6.07 Å². The fraction of sp³-hybridized carbons (Fsp3) is 0.364. The molecule has 0 radical (unpaired) electrons. The molecule has 0 amide bonds. The van der Waals surface area contributed by atoms with Crippen molar-refractivity contribution < 1.29 is 14.3 Å². The minimum Gasteiger partial charge on any atom is -0.462 e. The van der Waals surface area contributed by atoms with Crippen molar-refractivity contribution in [3.63, 3.8) is 0 Å². The molecule has 0 saturated heterocycles. The average molecular weight is 364 g/mol. The van der Waals surface area contributed by atoms with Gasteiger partial charge >= 0.3 is 5.97 Å². The summed E-state index contributed by atoms with van der Waals surface area (Å²) >= 11 is 0. The Morgan fingerprint density at radius 1 is 1.30 bits per heavy atom. The minimum atomic E-state index is -0.498. The van der Waals surface area contributed by atoms with Gasteiger partial charge in [0.2, 0.25) is 0 Å². The van der Waals surface area contributed by atoms with Crippen molar-refractivity contribution in [3.05, 3.63) is 53.6 Å². The van der Waals surface area contributed by atoms with Gasteiger partial charge in [0.15, 0.2) is 5.78 Å². The van der Waals surface area contributed by atoms with E-state index in [2.05, 4.69) is 25.4 Å². The van der Waals surface area contributed by atoms with E-state index in [1.165, 1.54) is 0 Å². The van der Waals surface area contributed by atoms with Crippen LogP contribution < -0.4 is 0 Å². The molecule has 0 aromatic carbocycles. The molecule has 0 saturated carbocycles. The van der Waals surface area contributed by atoms with E-state index in [-0.39, 0.29) is 17.8 Å². The Labute approximate surface area is 159 Å². The Hall–Kier alpha value is -2.82. The van der Waals surface area contributed by atoms with E-state index in [0.29, 0.717) is 52.1 Å². The Balaban J connectivity index is 2.42. The van der Waals surface area contributed by atoms with Crippen LogP contribution in [0, 0.1) is 5.41 Å². The quantitative estimate of drug-likeness (QED) is 0.747. The molecule has 2 aromatic heterocycles. The number of nitrogens with zero attached hydrogens (tertiary/aromatic N) is 2. The van der Waals surface area contributed by atoms with E-state index in [9.17, 15) is 9.59 Å². The third-order valence-electron chi connectivity index (χ3n) is 4.67. The topological polar surface area (TPSA) is 69.2 Å². The first-order valence-electron chi connectivity index (χ1n) is 9.08. The highest BCUT2D eigenvalue weighted by Gasteiger charge is 2.37. The lowest BCUT2D eigenvalue weighted by Crippen LogP contribution is -2.30. The van der Waals surface area contributed by atoms with Gasteiger partial charge in [-0.05, 0) is 37.3 Å². The average Bonchev–Trinajstić information content (AvgIpc) is 2.59. The number of allylic oxidation sites excluding steroid dienone is 1. The van der Waals surface area contributed by atoms with Gasteiger partial charge in [-0.3, -0.25) is 14.8 Å². The van der Waals surface area contributed by atoms with Gasteiger partial charge < -0.3 is 4.74 Å². The van der Waals surface area contributed by atoms with E-state index in [1.54, 1.807) is 32.3 Å². The zero-order valence-corrected chi connectivity index (χ0v) is 16.3. The van der Waals surface area contributed by atoms with Gasteiger partial charge in [-0.25, -0.2) is 4.79 Å². The van der Waals surface area contributed by atoms with Gasteiger partial charge in [-0.1, -0.05) is 26.5 Å². The SMILES string of the molecule is C=C(C)c1nc2c(c(-c3cccnc3)c1C(=O)OCC)C(=O)CC(C)(C)C2. The molecule has 5 heteroatoms. The number of rotatable bonds is 4. The first kappa shape index (κ1) is 19.0. The molecule has 0 aliphatic heterocycles. The second-order valence-corrected chi connectivity index (χ2v) is 7.72. The molecule has 27 heavy (non-hydrogen) atoms. The standard InChI is InChI=1S/C22H24N2O3/c1-6-27-21(26)19-17(14-8-7-9-23-12-14)18-15(24-20(19)13(2)3)10-22(4,5)11-16(18)25/h7-9,12H,2,6,10-11H2,1,3-5H3. The van der Waals surface area contributed by atoms with Gasteiger partial charge in [0.1, 0.15) is 0 Å². The van der Waals surface area contributed by atoms with Crippen molar-refractivity contribution in [2.45, 2.75) is 40.5 Å². The fourth-order valence-electron chi connectivity index (χ4n) is 3.61. The second kappa shape index (κ2) is 7.06. The lowest BCUT2D eigenvalue weighted by Gasteiger charge is -2.32. The van der Waals surface area contributed by atoms with E-state index in [0.717, 1.165) is 0 Å². The van der Waals surface area contributed by atoms with E-state index in [4.69, 9.17) is 9.72 Å². The maximum Gasteiger partial charge on any atom is 0.341 e. The summed E-state index contributed by atoms with van der Waals surface area (Å²) in [6, 6.07) is 3.63. The summed E-state index contributed by atoms with van der Waals surface area (Å²) in [5.74, 6) is -0.506. The minimum absolute atomic E-state index is 0.00795. The third-order valence-corrected chi connectivity index (χ3v) is 4.67. The summed E-state index contributed by atoms with van der Waals surface area (Å²) in [4.78, 5) is 34.8. The van der Waals surface area contributed by atoms with Crippen LogP contribution in [0.25, 0.3) is 16.7 Å². The highest BCUT2D eigenvalue weighted by Crippen LogP contribution is 2.41. The predicted molar refractivity (Wildman–Crippen MR) is 105 cm³/mol. The van der Waals surface area contributed by atoms with Crippen LogP contribution in [0.3, 0.4) is 0 Å². The maximum absolute atomic E-state index is 13.1. The van der Waals surface area contributed by atoms with E-state index < -0.39 is 5.97 Å². The number of fused-ring (bicyclic) bond motifs is 1. The number of ketones is 1. The summed E-state index contributed by atoms with van der Waals surface area (Å²) in [5.41, 5.74) is 3.74. The maximum atomic E-state index is 13.1. The molecule has 0 N–H and O–H groups in total. The first-order chi connectivity index (χ1) is 12.7. The number of carbonyl (C=O) groups excluding carboxylic acids is 2. The predicted octanol–water partition coefficient (Wildman–Crippen LogP) is 4.51. The molecular formula is C22H24N2O3. The van der Waals surface area contributed by atoms with Crippen molar-refractivity contribution in [2.24, 2.45) is 5.41 Å².